The molecule has 2 heterocycles. The molecule has 7 heteroatoms. The van der Waals surface area contributed by atoms with Crippen LogP contribution in [0.1, 0.15) is 18.7 Å². The van der Waals surface area contributed by atoms with E-state index >= 15 is 0 Å². The number of carbonyl (C=O) groups is 1. The molecule has 1 aromatic heterocycles. The molecule has 6 nitrogen and oxygen atoms in total. The second kappa shape index (κ2) is 5.83. The smallest absolute Gasteiger partial charge is 0.258 e. The number of aromatic amines is 1. The fourth-order valence-corrected chi connectivity index (χ4v) is 2.56. The van der Waals surface area contributed by atoms with Crippen LogP contribution in [0, 0.1) is 0 Å². The van der Waals surface area contributed by atoms with Gasteiger partial charge < -0.3 is 15.6 Å². The fourth-order valence-electron chi connectivity index (χ4n) is 2.39. The number of benzene rings is 1. The zero-order valence-corrected chi connectivity index (χ0v) is 12.0. The van der Waals surface area contributed by atoms with E-state index in [-0.39, 0.29) is 17.5 Å². The molecule has 0 saturated carbocycles. The molecule has 0 bridgehead atoms. The molecule has 0 aliphatic carbocycles. The molecule has 0 spiro atoms. The Bertz CT molecular complexity index is 733. The van der Waals surface area contributed by atoms with E-state index in [2.05, 4.69) is 20.6 Å². The zero-order valence-electron chi connectivity index (χ0n) is 11.3. The lowest BCUT2D eigenvalue weighted by Crippen LogP contribution is -2.45. The van der Waals surface area contributed by atoms with Crippen molar-refractivity contribution in [2.45, 2.75) is 25.4 Å². The van der Waals surface area contributed by atoms with Crippen LogP contribution in [0.15, 0.2) is 23.0 Å². The Morgan fingerprint density at radius 2 is 2.24 bits per heavy atom. The molecule has 1 saturated heterocycles. The highest BCUT2D eigenvalue weighted by molar-refractivity contribution is 6.31. The Morgan fingerprint density at radius 3 is 3.00 bits per heavy atom. The van der Waals surface area contributed by atoms with E-state index in [1.807, 2.05) is 0 Å². The molecular weight excluding hydrogens is 292 g/mol. The minimum Gasteiger partial charge on any atom is -0.355 e. The second-order valence-corrected chi connectivity index (χ2v) is 5.53. The minimum atomic E-state index is -0.176. The number of H-pyrrole nitrogens is 1. The van der Waals surface area contributed by atoms with E-state index in [4.69, 9.17) is 11.6 Å². The standard InChI is InChI=1S/C14H15ClN4O2/c15-8-1-3-10-11(5-8)18-12(19-14(10)21)7-16-9-2-4-13(20)17-6-9/h1,3,5,9,16H,2,4,6-7H2,(H,17,20)(H,18,19,21). The molecule has 1 unspecified atom stereocenters. The summed E-state index contributed by atoms with van der Waals surface area (Å²) in [5, 5.41) is 7.16. The summed E-state index contributed by atoms with van der Waals surface area (Å²) in [6, 6.07) is 5.21. The predicted octanol–water partition coefficient (Wildman–Crippen LogP) is 0.945. The molecule has 1 aliphatic heterocycles. The number of amides is 1. The van der Waals surface area contributed by atoms with Crippen molar-refractivity contribution >= 4 is 28.4 Å². The third-order valence-electron chi connectivity index (χ3n) is 3.54. The molecule has 2 aromatic rings. The predicted molar refractivity (Wildman–Crippen MR) is 80.2 cm³/mol. The van der Waals surface area contributed by atoms with Gasteiger partial charge in [0.05, 0.1) is 17.4 Å². The first-order valence-corrected chi connectivity index (χ1v) is 7.18. The van der Waals surface area contributed by atoms with Gasteiger partial charge in [0, 0.05) is 24.0 Å². The Hall–Kier alpha value is -1.92. The van der Waals surface area contributed by atoms with E-state index in [1.165, 1.54) is 0 Å². The van der Waals surface area contributed by atoms with Crippen LogP contribution in [0.2, 0.25) is 5.02 Å². The van der Waals surface area contributed by atoms with Crippen LogP contribution in [0.5, 0.6) is 0 Å². The highest BCUT2D eigenvalue weighted by atomic mass is 35.5. The minimum absolute atomic E-state index is 0.0833. The third-order valence-corrected chi connectivity index (χ3v) is 3.78. The van der Waals surface area contributed by atoms with Crippen LogP contribution in [0.4, 0.5) is 0 Å². The number of fused-ring (bicyclic) bond motifs is 1. The lowest BCUT2D eigenvalue weighted by Gasteiger charge is -2.23. The molecule has 1 aromatic carbocycles. The maximum Gasteiger partial charge on any atom is 0.258 e. The molecule has 21 heavy (non-hydrogen) atoms. The summed E-state index contributed by atoms with van der Waals surface area (Å²) >= 11 is 5.93. The van der Waals surface area contributed by atoms with Gasteiger partial charge in [-0.25, -0.2) is 4.98 Å². The quantitative estimate of drug-likeness (QED) is 0.788. The summed E-state index contributed by atoms with van der Waals surface area (Å²) in [5.41, 5.74) is 0.408. The number of hydrogen-bond donors (Lipinski definition) is 3. The van der Waals surface area contributed by atoms with E-state index < -0.39 is 0 Å². The van der Waals surface area contributed by atoms with E-state index in [0.29, 0.717) is 41.3 Å². The largest absolute Gasteiger partial charge is 0.355 e. The normalized spacial score (nSPS) is 18.7. The molecule has 1 amide bonds. The Morgan fingerprint density at radius 1 is 1.38 bits per heavy atom. The number of carbonyl (C=O) groups excluding carboxylic acids is 1. The first-order valence-electron chi connectivity index (χ1n) is 6.80. The first-order chi connectivity index (χ1) is 10.1. The van der Waals surface area contributed by atoms with Gasteiger partial charge in [-0.1, -0.05) is 11.6 Å². The van der Waals surface area contributed by atoms with Crippen molar-refractivity contribution in [3.8, 4) is 0 Å². The zero-order chi connectivity index (χ0) is 14.8. The van der Waals surface area contributed by atoms with Crippen LogP contribution >= 0.6 is 11.6 Å². The van der Waals surface area contributed by atoms with E-state index in [0.717, 1.165) is 6.42 Å². The summed E-state index contributed by atoms with van der Waals surface area (Å²) in [7, 11) is 0. The van der Waals surface area contributed by atoms with E-state index in [9.17, 15) is 9.59 Å². The van der Waals surface area contributed by atoms with Crippen LogP contribution in [-0.4, -0.2) is 28.5 Å². The summed E-state index contributed by atoms with van der Waals surface area (Å²) in [5.74, 6) is 0.645. The van der Waals surface area contributed by atoms with Gasteiger partial charge in [-0.05, 0) is 24.6 Å². The summed E-state index contributed by atoms with van der Waals surface area (Å²) in [6.07, 6.45) is 1.31. The molecule has 1 atom stereocenters. The van der Waals surface area contributed by atoms with Gasteiger partial charge in [0.25, 0.3) is 5.56 Å². The van der Waals surface area contributed by atoms with Gasteiger partial charge in [-0.15, -0.1) is 0 Å². The monoisotopic (exact) mass is 306 g/mol. The van der Waals surface area contributed by atoms with Crippen molar-refractivity contribution in [3.05, 3.63) is 39.4 Å². The average molecular weight is 307 g/mol. The average Bonchev–Trinajstić information content (AvgIpc) is 2.46. The van der Waals surface area contributed by atoms with E-state index in [1.54, 1.807) is 18.2 Å². The van der Waals surface area contributed by atoms with Gasteiger partial charge >= 0.3 is 0 Å². The SMILES string of the molecule is O=C1CCC(NCc2nc3cc(Cl)ccc3c(=O)[nH]2)CN1. The Labute approximate surface area is 125 Å². The summed E-state index contributed by atoms with van der Waals surface area (Å²) in [4.78, 5) is 30.2. The molecule has 0 radical (unpaired) electrons. The van der Waals surface area contributed by atoms with Gasteiger partial charge in [-0.2, -0.15) is 0 Å². The van der Waals surface area contributed by atoms with Crippen LogP contribution < -0.4 is 16.2 Å². The highest BCUT2D eigenvalue weighted by Gasteiger charge is 2.17. The van der Waals surface area contributed by atoms with Crippen LogP contribution in [0.3, 0.4) is 0 Å². The van der Waals surface area contributed by atoms with Crippen molar-refractivity contribution in [1.82, 2.24) is 20.6 Å². The first kappa shape index (κ1) is 14.0. The number of nitrogens with one attached hydrogen (secondary N) is 3. The van der Waals surface area contributed by atoms with Crippen molar-refractivity contribution in [1.29, 1.82) is 0 Å². The number of hydrogen-bond acceptors (Lipinski definition) is 4. The van der Waals surface area contributed by atoms with Crippen molar-refractivity contribution in [2.24, 2.45) is 0 Å². The number of halogens is 1. The number of aromatic nitrogens is 2. The Kier molecular flexibility index (Phi) is 3.90. The molecule has 1 fully saturated rings. The molecule has 110 valence electrons. The Balaban J connectivity index is 1.75. The van der Waals surface area contributed by atoms with Gasteiger partial charge in [-0.3, -0.25) is 9.59 Å². The maximum absolute atomic E-state index is 12.0. The third kappa shape index (κ3) is 3.22. The topological polar surface area (TPSA) is 86.9 Å². The fraction of sp³-hybridized carbons (Fsp3) is 0.357. The van der Waals surface area contributed by atoms with Gasteiger partial charge in [0.1, 0.15) is 5.82 Å². The molecule has 1 aliphatic rings. The van der Waals surface area contributed by atoms with Crippen LogP contribution in [0.25, 0.3) is 10.9 Å². The van der Waals surface area contributed by atoms with Gasteiger partial charge in [0.15, 0.2) is 0 Å². The number of rotatable bonds is 3. The molecule has 3 rings (SSSR count). The number of piperidine rings is 1. The summed E-state index contributed by atoms with van der Waals surface area (Å²) < 4.78 is 0. The van der Waals surface area contributed by atoms with Crippen molar-refractivity contribution < 1.29 is 4.79 Å². The summed E-state index contributed by atoms with van der Waals surface area (Å²) in [6.45, 7) is 1.04. The highest BCUT2D eigenvalue weighted by Crippen LogP contribution is 2.14. The lowest BCUT2D eigenvalue weighted by molar-refractivity contribution is -0.122. The lowest BCUT2D eigenvalue weighted by atomic mass is 10.1. The number of nitrogens with zero attached hydrogens (tertiary/aromatic N) is 1. The van der Waals surface area contributed by atoms with Gasteiger partial charge in [0.2, 0.25) is 5.91 Å². The van der Waals surface area contributed by atoms with Crippen LogP contribution in [-0.2, 0) is 11.3 Å². The van der Waals surface area contributed by atoms with Crippen molar-refractivity contribution in [2.75, 3.05) is 6.54 Å². The van der Waals surface area contributed by atoms with Crippen molar-refractivity contribution in [3.63, 3.8) is 0 Å². The second-order valence-electron chi connectivity index (χ2n) is 5.09. The molecule has 3 N–H and O–H groups in total. The maximum atomic E-state index is 12.0. The molecular formula is C14H15ClN4O2.